The van der Waals surface area contributed by atoms with E-state index >= 15 is 0 Å². The summed E-state index contributed by atoms with van der Waals surface area (Å²) in [7, 11) is 0. The van der Waals surface area contributed by atoms with E-state index in [4.69, 9.17) is 14.7 Å². The van der Waals surface area contributed by atoms with E-state index in [0.29, 0.717) is 18.8 Å². The molecule has 0 atom stereocenters. The number of hydrogen-bond acceptors (Lipinski definition) is 3. The van der Waals surface area contributed by atoms with Crippen LogP contribution in [0.15, 0.2) is 48.5 Å². The fourth-order valence-electron chi connectivity index (χ4n) is 1.79. The molecule has 0 saturated carbocycles. The van der Waals surface area contributed by atoms with Crippen LogP contribution in [0.3, 0.4) is 0 Å². The van der Waals surface area contributed by atoms with Gasteiger partial charge in [0, 0.05) is 0 Å². The van der Waals surface area contributed by atoms with Crippen molar-refractivity contribution in [3.8, 4) is 17.6 Å². The van der Waals surface area contributed by atoms with Gasteiger partial charge < -0.3 is 9.47 Å². The Labute approximate surface area is 119 Å². The molecule has 0 heterocycles. The predicted octanol–water partition coefficient (Wildman–Crippen LogP) is 3.93. The molecule has 0 aromatic heterocycles. The van der Waals surface area contributed by atoms with E-state index in [9.17, 15) is 0 Å². The van der Waals surface area contributed by atoms with Gasteiger partial charge in [-0.25, -0.2) is 0 Å². The van der Waals surface area contributed by atoms with E-state index in [0.717, 1.165) is 23.5 Å². The van der Waals surface area contributed by atoms with Gasteiger partial charge in [-0.05, 0) is 36.2 Å². The second-order valence-electron chi connectivity index (χ2n) is 4.40. The predicted molar refractivity (Wildman–Crippen MR) is 77.7 cm³/mol. The fraction of sp³-hybridized carbons (Fsp3) is 0.235. The minimum Gasteiger partial charge on any atom is -0.490 e. The van der Waals surface area contributed by atoms with Crippen molar-refractivity contribution in [1.29, 1.82) is 5.26 Å². The monoisotopic (exact) mass is 267 g/mol. The maximum Gasteiger partial charge on any atom is 0.161 e. The topological polar surface area (TPSA) is 42.2 Å². The Morgan fingerprint density at radius 1 is 1.00 bits per heavy atom. The first-order valence-electron chi connectivity index (χ1n) is 6.67. The standard InChI is InChI=1S/C17H17NO2/c1-2-10-19-16-8-3-4-9-17(16)20-13-15-7-5-6-14(11-15)12-18/h3-9,11H,2,10,13H2,1H3. The molecule has 0 aliphatic heterocycles. The maximum absolute atomic E-state index is 8.88. The summed E-state index contributed by atoms with van der Waals surface area (Å²) in [6.45, 7) is 3.16. The molecule has 0 aliphatic carbocycles. The minimum atomic E-state index is 0.419. The number of benzene rings is 2. The Balaban J connectivity index is 2.05. The Kier molecular flexibility index (Phi) is 5.02. The van der Waals surface area contributed by atoms with Crippen molar-refractivity contribution in [2.24, 2.45) is 0 Å². The van der Waals surface area contributed by atoms with Gasteiger partial charge in [0.15, 0.2) is 11.5 Å². The molecule has 2 aromatic rings. The molecule has 0 fully saturated rings. The van der Waals surface area contributed by atoms with Gasteiger partial charge >= 0.3 is 0 Å². The lowest BCUT2D eigenvalue weighted by Gasteiger charge is -2.12. The summed E-state index contributed by atoms with van der Waals surface area (Å²) in [4.78, 5) is 0. The summed E-state index contributed by atoms with van der Waals surface area (Å²) in [5.41, 5.74) is 1.61. The van der Waals surface area contributed by atoms with E-state index in [-0.39, 0.29) is 0 Å². The molecule has 2 rings (SSSR count). The van der Waals surface area contributed by atoms with Gasteiger partial charge in [0.2, 0.25) is 0 Å². The van der Waals surface area contributed by atoms with Crippen LogP contribution >= 0.6 is 0 Å². The Morgan fingerprint density at radius 3 is 2.45 bits per heavy atom. The highest BCUT2D eigenvalue weighted by atomic mass is 16.5. The summed E-state index contributed by atoms with van der Waals surface area (Å²) >= 11 is 0. The first-order valence-corrected chi connectivity index (χ1v) is 6.67. The van der Waals surface area contributed by atoms with Gasteiger partial charge in [-0.15, -0.1) is 0 Å². The molecular formula is C17H17NO2. The molecule has 3 heteroatoms. The van der Waals surface area contributed by atoms with Crippen LogP contribution in [-0.4, -0.2) is 6.61 Å². The zero-order chi connectivity index (χ0) is 14.2. The summed E-state index contributed by atoms with van der Waals surface area (Å²) in [5.74, 6) is 1.48. The summed E-state index contributed by atoms with van der Waals surface area (Å²) in [5, 5.41) is 8.88. The van der Waals surface area contributed by atoms with Crippen molar-refractivity contribution >= 4 is 0 Å². The largest absolute Gasteiger partial charge is 0.490 e. The Hall–Kier alpha value is -2.47. The average molecular weight is 267 g/mol. The molecule has 0 amide bonds. The van der Waals surface area contributed by atoms with Crippen molar-refractivity contribution in [2.75, 3.05) is 6.61 Å². The van der Waals surface area contributed by atoms with Gasteiger partial charge in [-0.1, -0.05) is 31.2 Å². The first-order chi connectivity index (χ1) is 9.83. The number of nitrogens with zero attached hydrogens (tertiary/aromatic N) is 1. The maximum atomic E-state index is 8.88. The van der Waals surface area contributed by atoms with E-state index < -0.39 is 0 Å². The zero-order valence-corrected chi connectivity index (χ0v) is 11.5. The minimum absolute atomic E-state index is 0.419. The molecule has 2 aromatic carbocycles. The van der Waals surface area contributed by atoms with Gasteiger partial charge in [0.1, 0.15) is 6.61 Å². The SMILES string of the molecule is CCCOc1ccccc1OCc1cccc(C#N)c1. The van der Waals surface area contributed by atoms with Crippen LogP contribution in [0.2, 0.25) is 0 Å². The van der Waals surface area contributed by atoms with Crippen LogP contribution in [-0.2, 0) is 6.61 Å². The van der Waals surface area contributed by atoms with Gasteiger partial charge in [-0.2, -0.15) is 5.26 Å². The molecule has 0 unspecified atom stereocenters. The lowest BCUT2D eigenvalue weighted by Crippen LogP contribution is -2.00. The van der Waals surface area contributed by atoms with Crippen LogP contribution in [0, 0.1) is 11.3 Å². The Bertz CT molecular complexity index is 602. The normalized spacial score (nSPS) is 9.80. The second kappa shape index (κ2) is 7.20. The zero-order valence-electron chi connectivity index (χ0n) is 11.5. The van der Waals surface area contributed by atoms with Gasteiger partial charge in [0.25, 0.3) is 0 Å². The van der Waals surface area contributed by atoms with Gasteiger partial charge in [0.05, 0.1) is 18.2 Å². The number of rotatable bonds is 6. The lowest BCUT2D eigenvalue weighted by molar-refractivity contribution is 0.262. The van der Waals surface area contributed by atoms with Crippen LogP contribution in [0.1, 0.15) is 24.5 Å². The third-order valence-corrected chi connectivity index (χ3v) is 2.76. The first kappa shape index (κ1) is 14.0. The van der Waals surface area contributed by atoms with E-state index in [2.05, 4.69) is 13.0 Å². The quantitative estimate of drug-likeness (QED) is 0.796. The fourth-order valence-corrected chi connectivity index (χ4v) is 1.79. The third-order valence-electron chi connectivity index (χ3n) is 2.76. The summed E-state index contributed by atoms with van der Waals surface area (Å²) in [6.07, 6.45) is 0.957. The molecule has 102 valence electrons. The highest BCUT2D eigenvalue weighted by Crippen LogP contribution is 2.27. The molecular weight excluding hydrogens is 250 g/mol. The highest BCUT2D eigenvalue weighted by Gasteiger charge is 2.04. The second-order valence-corrected chi connectivity index (χ2v) is 4.40. The van der Waals surface area contributed by atoms with Crippen LogP contribution in [0.25, 0.3) is 0 Å². The Morgan fingerprint density at radius 2 is 1.75 bits per heavy atom. The number of para-hydroxylation sites is 2. The lowest BCUT2D eigenvalue weighted by atomic mass is 10.1. The molecule has 0 bridgehead atoms. The number of hydrogen-bond donors (Lipinski definition) is 0. The molecule has 0 saturated heterocycles. The van der Waals surface area contributed by atoms with E-state index in [1.807, 2.05) is 42.5 Å². The number of nitriles is 1. The van der Waals surface area contributed by atoms with Crippen molar-refractivity contribution in [2.45, 2.75) is 20.0 Å². The van der Waals surface area contributed by atoms with Crippen molar-refractivity contribution < 1.29 is 9.47 Å². The van der Waals surface area contributed by atoms with Gasteiger partial charge in [-0.3, -0.25) is 0 Å². The summed E-state index contributed by atoms with van der Waals surface area (Å²) < 4.78 is 11.4. The molecule has 0 spiro atoms. The van der Waals surface area contributed by atoms with E-state index in [1.54, 1.807) is 6.07 Å². The molecule has 0 radical (unpaired) electrons. The smallest absolute Gasteiger partial charge is 0.161 e. The number of ether oxygens (including phenoxy) is 2. The summed E-state index contributed by atoms with van der Waals surface area (Å²) in [6, 6.07) is 17.2. The molecule has 3 nitrogen and oxygen atoms in total. The highest BCUT2D eigenvalue weighted by molar-refractivity contribution is 5.40. The van der Waals surface area contributed by atoms with Crippen molar-refractivity contribution in [1.82, 2.24) is 0 Å². The molecule has 0 N–H and O–H groups in total. The average Bonchev–Trinajstić information content (AvgIpc) is 2.52. The van der Waals surface area contributed by atoms with Crippen LogP contribution in [0.5, 0.6) is 11.5 Å². The third kappa shape index (κ3) is 3.76. The van der Waals surface area contributed by atoms with Crippen molar-refractivity contribution in [3.63, 3.8) is 0 Å². The van der Waals surface area contributed by atoms with E-state index in [1.165, 1.54) is 0 Å². The van der Waals surface area contributed by atoms with Crippen LogP contribution in [0.4, 0.5) is 0 Å². The molecule has 20 heavy (non-hydrogen) atoms. The molecule has 0 aliphatic rings. The van der Waals surface area contributed by atoms with Crippen molar-refractivity contribution in [3.05, 3.63) is 59.7 Å². The van der Waals surface area contributed by atoms with Crippen LogP contribution < -0.4 is 9.47 Å².